The highest BCUT2D eigenvalue weighted by molar-refractivity contribution is 5.92. The maximum atomic E-state index is 11.5. The van der Waals surface area contributed by atoms with E-state index in [0.717, 1.165) is 17.8 Å². The van der Waals surface area contributed by atoms with Gasteiger partial charge in [-0.15, -0.1) is 0 Å². The van der Waals surface area contributed by atoms with Gasteiger partial charge in [0, 0.05) is 31.6 Å². The number of carbonyl (C=O) groups is 1. The normalized spacial score (nSPS) is 12.8. The number of ether oxygens (including phenoxy) is 2. The topological polar surface area (TPSA) is 59.6 Å². The van der Waals surface area contributed by atoms with Gasteiger partial charge in [-0.3, -0.25) is 4.79 Å². The third-order valence-electron chi connectivity index (χ3n) is 3.19. The summed E-state index contributed by atoms with van der Waals surface area (Å²) in [6.45, 7) is 6.28. The van der Waals surface area contributed by atoms with E-state index in [0.29, 0.717) is 0 Å². The molecule has 1 aromatic carbocycles. The molecule has 2 N–H and O–H groups in total. The van der Waals surface area contributed by atoms with E-state index in [4.69, 9.17) is 9.47 Å². The molecule has 1 rings (SSSR count). The van der Waals surface area contributed by atoms with Crippen molar-refractivity contribution in [3.05, 3.63) is 24.3 Å². The summed E-state index contributed by atoms with van der Waals surface area (Å²) in [5.41, 5.74) is 1.54. The van der Waals surface area contributed by atoms with Crippen LogP contribution in [0.4, 0.5) is 11.4 Å². The maximum absolute atomic E-state index is 11.5. The molecule has 1 amide bonds. The Morgan fingerprint density at radius 3 is 2.57 bits per heavy atom. The molecule has 0 fully saturated rings. The minimum absolute atomic E-state index is 0.0517. The average molecular weight is 294 g/mol. The quantitative estimate of drug-likeness (QED) is 0.774. The lowest BCUT2D eigenvalue weighted by atomic mass is 9.99. The minimum Gasteiger partial charge on any atom is -0.382 e. The number of hydrogen-bond donors (Lipinski definition) is 2. The number of methoxy groups -OCH3 is 2. The van der Waals surface area contributed by atoms with E-state index in [1.807, 2.05) is 24.3 Å². The van der Waals surface area contributed by atoms with Crippen molar-refractivity contribution in [2.75, 3.05) is 31.5 Å². The summed E-state index contributed by atoms with van der Waals surface area (Å²) >= 11 is 0. The predicted octanol–water partition coefficient (Wildman–Crippen LogP) is 2.89. The summed E-state index contributed by atoms with van der Waals surface area (Å²) in [5.74, 6) is -0.164. The van der Waals surface area contributed by atoms with Crippen LogP contribution in [0.1, 0.15) is 27.2 Å². The summed E-state index contributed by atoms with van der Waals surface area (Å²) in [5, 5.41) is 6.20. The maximum Gasteiger partial charge on any atom is 0.250 e. The van der Waals surface area contributed by atoms with E-state index in [1.165, 1.54) is 7.11 Å². The first kappa shape index (κ1) is 17.5. The zero-order valence-electron chi connectivity index (χ0n) is 13.5. The number of amides is 1. The fourth-order valence-electron chi connectivity index (χ4n) is 2.17. The standard InChI is InChI=1S/C16H26N2O3/c1-12(10-16(2,3)21-5)17-13-7-6-8-14(9-13)18-15(19)11-20-4/h6-9,12,17H,10-11H2,1-5H3,(H,18,19). The van der Waals surface area contributed by atoms with Crippen LogP contribution in [0.25, 0.3) is 0 Å². The fourth-order valence-corrected chi connectivity index (χ4v) is 2.17. The van der Waals surface area contributed by atoms with Gasteiger partial charge in [-0.2, -0.15) is 0 Å². The number of hydrogen-bond acceptors (Lipinski definition) is 4. The van der Waals surface area contributed by atoms with Crippen LogP contribution in [0.2, 0.25) is 0 Å². The molecular weight excluding hydrogens is 268 g/mol. The Bertz CT molecular complexity index is 461. The molecule has 1 unspecified atom stereocenters. The number of nitrogens with one attached hydrogen (secondary N) is 2. The second-order valence-corrected chi connectivity index (χ2v) is 5.78. The third kappa shape index (κ3) is 6.60. The molecule has 5 heteroatoms. The molecule has 0 aliphatic rings. The summed E-state index contributed by atoms with van der Waals surface area (Å²) in [4.78, 5) is 11.5. The van der Waals surface area contributed by atoms with Crippen LogP contribution in [0, 0.1) is 0 Å². The van der Waals surface area contributed by atoms with Gasteiger partial charge >= 0.3 is 0 Å². The Kier molecular flexibility index (Phi) is 6.65. The van der Waals surface area contributed by atoms with Crippen molar-refractivity contribution >= 4 is 17.3 Å². The first-order chi connectivity index (χ1) is 9.86. The van der Waals surface area contributed by atoms with Crippen LogP contribution in [0.15, 0.2) is 24.3 Å². The van der Waals surface area contributed by atoms with Gasteiger partial charge in [0.05, 0.1) is 5.60 Å². The van der Waals surface area contributed by atoms with Gasteiger partial charge in [0.15, 0.2) is 0 Å². The first-order valence-electron chi connectivity index (χ1n) is 7.07. The van der Waals surface area contributed by atoms with Crippen molar-refractivity contribution in [1.29, 1.82) is 0 Å². The Morgan fingerprint density at radius 2 is 1.95 bits per heavy atom. The van der Waals surface area contributed by atoms with Gasteiger partial charge < -0.3 is 20.1 Å². The largest absolute Gasteiger partial charge is 0.382 e. The Hall–Kier alpha value is -1.59. The highest BCUT2D eigenvalue weighted by atomic mass is 16.5. The molecule has 0 bridgehead atoms. The zero-order valence-corrected chi connectivity index (χ0v) is 13.5. The van der Waals surface area contributed by atoms with Crippen molar-refractivity contribution in [3.63, 3.8) is 0 Å². The molecule has 0 aliphatic carbocycles. The van der Waals surface area contributed by atoms with Crippen LogP contribution < -0.4 is 10.6 Å². The van der Waals surface area contributed by atoms with E-state index in [-0.39, 0.29) is 24.2 Å². The molecule has 21 heavy (non-hydrogen) atoms. The molecule has 0 radical (unpaired) electrons. The predicted molar refractivity (Wildman–Crippen MR) is 85.7 cm³/mol. The van der Waals surface area contributed by atoms with Crippen molar-refractivity contribution in [2.45, 2.75) is 38.8 Å². The van der Waals surface area contributed by atoms with Gasteiger partial charge in [0.2, 0.25) is 5.91 Å². The van der Waals surface area contributed by atoms with Crippen LogP contribution in [0.5, 0.6) is 0 Å². The molecule has 1 aromatic rings. The molecule has 0 aliphatic heterocycles. The van der Waals surface area contributed by atoms with E-state index >= 15 is 0 Å². The summed E-state index contributed by atoms with van der Waals surface area (Å²) in [6, 6.07) is 7.89. The summed E-state index contributed by atoms with van der Waals surface area (Å²) < 4.78 is 10.2. The molecule has 0 saturated heterocycles. The Morgan fingerprint density at radius 1 is 1.29 bits per heavy atom. The fraction of sp³-hybridized carbons (Fsp3) is 0.562. The SMILES string of the molecule is COCC(=O)Nc1cccc(NC(C)CC(C)(C)OC)c1. The van der Waals surface area contributed by atoms with Gasteiger partial charge in [-0.05, 0) is 45.4 Å². The Labute approximate surface area is 127 Å². The lowest BCUT2D eigenvalue weighted by Gasteiger charge is -2.27. The lowest BCUT2D eigenvalue weighted by molar-refractivity contribution is -0.119. The molecule has 118 valence electrons. The second-order valence-electron chi connectivity index (χ2n) is 5.78. The Balaban J connectivity index is 2.62. The third-order valence-corrected chi connectivity index (χ3v) is 3.19. The summed E-state index contributed by atoms with van der Waals surface area (Å²) in [7, 11) is 3.22. The van der Waals surface area contributed by atoms with Gasteiger partial charge in [-0.25, -0.2) is 0 Å². The number of anilines is 2. The van der Waals surface area contributed by atoms with Crippen LogP contribution >= 0.6 is 0 Å². The van der Waals surface area contributed by atoms with E-state index < -0.39 is 0 Å². The lowest BCUT2D eigenvalue weighted by Crippen LogP contribution is -2.31. The molecule has 5 nitrogen and oxygen atoms in total. The number of carbonyl (C=O) groups excluding carboxylic acids is 1. The van der Waals surface area contributed by atoms with Crippen LogP contribution in [0.3, 0.4) is 0 Å². The number of rotatable bonds is 8. The zero-order chi connectivity index (χ0) is 15.9. The van der Waals surface area contributed by atoms with Gasteiger partial charge in [0.25, 0.3) is 0 Å². The molecule has 0 saturated carbocycles. The van der Waals surface area contributed by atoms with E-state index in [1.54, 1.807) is 7.11 Å². The van der Waals surface area contributed by atoms with Gasteiger partial charge in [0.1, 0.15) is 6.61 Å². The van der Waals surface area contributed by atoms with Crippen molar-refractivity contribution in [3.8, 4) is 0 Å². The highest BCUT2D eigenvalue weighted by Gasteiger charge is 2.20. The molecule has 1 atom stereocenters. The smallest absolute Gasteiger partial charge is 0.250 e. The van der Waals surface area contributed by atoms with Crippen molar-refractivity contribution in [2.24, 2.45) is 0 Å². The second kappa shape index (κ2) is 8.00. The average Bonchev–Trinajstić information content (AvgIpc) is 2.38. The summed E-state index contributed by atoms with van der Waals surface area (Å²) in [6.07, 6.45) is 0.879. The monoisotopic (exact) mass is 294 g/mol. The minimum atomic E-state index is -0.170. The van der Waals surface area contributed by atoms with Crippen molar-refractivity contribution < 1.29 is 14.3 Å². The molecule has 0 aromatic heterocycles. The molecular formula is C16H26N2O3. The van der Waals surface area contributed by atoms with Crippen LogP contribution in [-0.2, 0) is 14.3 Å². The van der Waals surface area contributed by atoms with E-state index in [2.05, 4.69) is 31.4 Å². The van der Waals surface area contributed by atoms with E-state index in [9.17, 15) is 4.79 Å². The van der Waals surface area contributed by atoms with Crippen molar-refractivity contribution in [1.82, 2.24) is 0 Å². The van der Waals surface area contributed by atoms with Crippen LogP contribution in [-0.4, -0.2) is 38.4 Å². The first-order valence-corrected chi connectivity index (χ1v) is 7.07. The highest BCUT2D eigenvalue weighted by Crippen LogP contribution is 2.20. The molecule has 0 heterocycles. The molecule has 0 spiro atoms. The number of benzene rings is 1. The van der Waals surface area contributed by atoms with Gasteiger partial charge in [-0.1, -0.05) is 6.07 Å².